The molecule has 190 valence electrons. The standard InChI is InChI=1S/C27H34N6O3/c1-19(2)25-29-27(36-30-25)33-15-11-22(12-16-33)35-23-8-9-24(28-18-23)32-13-6-7-21(26(34)31(4)5)17-20(3)10-14-32/h6-10,14,17-19,22H,3,11-13,15-16H2,1-2,4-5H3/b7-6-,14-10-,21-17?. The van der Waals surface area contributed by atoms with Gasteiger partial charge in [0.05, 0.1) is 6.20 Å². The van der Waals surface area contributed by atoms with Crippen molar-refractivity contribution >= 4 is 17.7 Å². The van der Waals surface area contributed by atoms with E-state index >= 15 is 0 Å². The van der Waals surface area contributed by atoms with Crippen molar-refractivity contribution in [3.8, 4) is 5.75 Å². The van der Waals surface area contributed by atoms with Gasteiger partial charge in [0.25, 0.3) is 5.91 Å². The molecule has 2 aromatic rings. The highest BCUT2D eigenvalue weighted by Crippen LogP contribution is 2.24. The van der Waals surface area contributed by atoms with Gasteiger partial charge in [0.2, 0.25) is 0 Å². The van der Waals surface area contributed by atoms with Crippen LogP contribution in [0.15, 0.2) is 71.1 Å². The number of aromatic nitrogens is 3. The van der Waals surface area contributed by atoms with Gasteiger partial charge in [-0.05, 0) is 29.9 Å². The van der Waals surface area contributed by atoms with Crippen molar-refractivity contribution in [3.05, 3.63) is 72.4 Å². The second-order valence-corrected chi connectivity index (χ2v) is 9.49. The zero-order chi connectivity index (χ0) is 25.7. The van der Waals surface area contributed by atoms with E-state index in [9.17, 15) is 4.79 Å². The van der Waals surface area contributed by atoms with Crippen LogP contribution in [0.25, 0.3) is 0 Å². The van der Waals surface area contributed by atoms with E-state index < -0.39 is 0 Å². The molecule has 36 heavy (non-hydrogen) atoms. The largest absolute Gasteiger partial charge is 0.489 e. The van der Waals surface area contributed by atoms with E-state index in [0.29, 0.717) is 18.1 Å². The lowest BCUT2D eigenvalue weighted by Crippen LogP contribution is -2.38. The predicted octanol–water partition coefficient (Wildman–Crippen LogP) is 4.10. The third-order valence-corrected chi connectivity index (χ3v) is 6.04. The van der Waals surface area contributed by atoms with Crippen LogP contribution in [0.4, 0.5) is 11.8 Å². The van der Waals surface area contributed by atoms with Crippen LogP contribution in [-0.4, -0.2) is 65.8 Å². The molecule has 2 aromatic heterocycles. The average molecular weight is 491 g/mol. The molecule has 0 unspecified atom stereocenters. The summed E-state index contributed by atoms with van der Waals surface area (Å²) in [4.78, 5) is 27.2. The van der Waals surface area contributed by atoms with Gasteiger partial charge in [-0.1, -0.05) is 37.7 Å². The number of nitrogens with zero attached hydrogens (tertiary/aromatic N) is 6. The number of carbonyl (C=O) groups is 1. The number of amides is 1. The minimum Gasteiger partial charge on any atom is -0.489 e. The molecule has 2 aliphatic heterocycles. The van der Waals surface area contributed by atoms with E-state index in [4.69, 9.17) is 9.26 Å². The van der Waals surface area contributed by atoms with Gasteiger partial charge in [0.1, 0.15) is 17.7 Å². The monoisotopic (exact) mass is 490 g/mol. The Kier molecular flexibility index (Phi) is 7.87. The van der Waals surface area contributed by atoms with Crippen LogP contribution in [0.2, 0.25) is 0 Å². The number of carbonyl (C=O) groups excluding carboxylic acids is 1. The third kappa shape index (κ3) is 6.21. The quantitative estimate of drug-likeness (QED) is 0.598. The molecule has 4 rings (SSSR count). The van der Waals surface area contributed by atoms with Crippen molar-refractivity contribution < 1.29 is 14.1 Å². The molecule has 0 aliphatic carbocycles. The van der Waals surface area contributed by atoms with E-state index in [-0.39, 0.29) is 17.9 Å². The molecule has 9 heteroatoms. The van der Waals surface area contributed by atoms with Gasteiger partial charge in [-0.3, -0.25) is 4.79 Å². The number of rotatable bonds is 6. The molecule has 1 amide bonds. The van der Waals surface area contributed by atoms with Crippen molar-refractivity contribution in [3.63, 3.8) is 0 Å². The van der Waals surface area contributed by atoms with Crippen LogP contribution in [0.5, 0.6) is 5.75 Å². The van der Waals surface area contributed by atoms with Crippen molar-refractivity contribution in [2.24, 2.45) is 0 Å². The first-order chi connectivity index (χ1) is 17.3. The Morgan fingerprint density at radius 3 is 2.64 bits per heavy atom. The number of piperidine rings is 1. The molecule has 9 nitrogen and oxygen atoms in total. The second-order valence-electron chi connectivity index (χ2n) is 9.49. The van der Waals surface area contributed by atoms with Crippen LogP contribution >= 0.6 is 0 Å². The van der Waals surface area contributed by atoms with E-state index in [1.54, 1.807) is 31.3 Å². The molecule has 2 aliphatic rings. The summed E-state index contributed by atoms with van der Waals surface area (Å²) in [5, 5.41) is 4.06. The Balaban J connectivity index is 1.33. The summed E-state index contributed by atoms with van der Waals surface area (Å²) in [6.07, 6.45) is 13.0. The number of anilines is 2. The van der Waals surface area contributed by atoms with Crippen molar-refractivity contribution in [1.82, 2.24) is 20.0 Å². The molecule has 0 N–H and O–H groups in total. The Hall–Kier alpha value is -3.88. The summed E-state index contributed by atoms with van der Waals surface area (Å²) in [7, 11) is 3.48. The number of pyridine rings is 1. The van der Waals surface area contributed by atoms with Crippen LogP contribution < -0.4 is 14.5 Å². The first-order valence-electron chi connectivity index (χ1n) is 12.2. The minimum absolute atomic E-state index is 0.0582. The number of hydrogen-bond donors (Lipinski definition) is 0. The van der Waals surface area contributed by atoms with Crippen molar-refractivity contribution in [1.29, 1.82) is 0 Å². The first kappa shape index (κ1) is 25.2. The summed E-state index contributed by atoms with van der Waals surface area (Å²) < 4.78 is 11.6. The second kappa shape index (κ2) is 11.2. The molecule has 0 saturated carbocycles. The van der Waals surface area contributed by atoms with E-state index in [0.717, 1.165) is 48.9 Å². The Morgan fingerprint density at radius 1 is 1.22 bits per heavy atom. The van der Waals surface area contributed by atoms with Crippen molar-refractivity contribution in [2.45, 2.75) is 38.7 Å². The van der Waals surface area contributed by atoms with Gasteiger partial charge < -0.3 is 24.0 Å². The SMILES string of the molecule is C=C1C=C(C(=O)N(C)C)/C=C\CN(c2ccc(OC3CCN(c4nc(C(C)C)no4)CC3)cn2)/C=C\1. The lowest BCUT2D eigenvalue weighted by molar-refractivity contribution is -0.124. The summed E-state index contributed by atoms with van der Waals surface area (Å²) in [5.41, 5.74) is 1.34. The van der Waals surface area contributed by atoms with Gasteiger partial charge in [0, 0.05) is 64.3 Å². The number of ether oxygens (including phenoxy) is 1. The fourth-order valence-electron chi connectivity index (χ4n) is 3.96. The van der Waals surface area contributed by atoms with Gasteiger partial charge in [-0.25, -0.2) is 4.98 Å². The highest BCUT2D eigenvalue weighted by Gasteiger charge is 2.25. The molecule has 4 heterocycles. The summed E-state index contributed by atoms with van der Waals surface area (Å²) in [5.74, 6) is 2.45. The lowest BCUT2D eigenvalue weighted by Gasteiger charge is -2.30. The maximum absolute atomic E-state index is 12.4. The third-order valence-electron chi connectivity index (χ3n) is 6.04. The van der Waals surface area contributed by atoms with Crippen LogP contribution in [0.3, 0.4) is 0 Å². The summed E-state index contributed by atoms with van der Waals surface area (Å²) in [6, 6.07) is 4.47. The van der Waals surface area contributed by atoms with Gasteiger partial charge in [-0.15, -0.1) is 0 Å². The molecule has 0 bridgehead atoms. The zero-order valence-electron chi connectivity index (χ0n) is 21.4. The summed E-state index contributed by atoms with van der Waals surface area (Å²) in [6.45, 7) is 10.3. The van der Waals surface area contributed by atoms with Crippen LogP contribution in [0, 0.1) is 0 Å². The molecule has 1 saturated heterocycles. The van der Waals surface area contributed by atoms with Gasteiger partial charge >= 0.3 is 6.01 Å². The average Bonchev–Trinajstić information content (AvgIpc) is 3.39. The predicted molar refractivity (Wildman–Crippen MR) is 140 cm³/mol. The highest BCUT2D eigenvalue weighted by molar-refractivity contribution is 5.96. The topological polar surface area (TPSA) is 87.8 Å². The number of likely N-dealkylation sites (N-methyl/N-ethyl adjacent to an activating group) is 1. The van der Waals surface area contributed by atoms with E-state index in [1.807, 2.05) is 41.5 Å². The van der Waals surface area contributed by atoms with E-state index in [1.165, 1.54) is 0 Å². The fourth-order valence-corrected chi connectivity index (χ4v) is 3.96. The molecule has 0 aromatic carbocycles. The number of allylic oxidation sites excluding steroid dienone is 3. The van der Waals surface area contributed by atoms with E-state index in [2.05, 4.69) is 40.5 Å². The maximum Gasteiger partial charge on any atom is 0.324 e. The van der Waals surface area contributed by atoms with Gasteiger partial charge in [0.15, 0.2) is 5.82 Å². The Labute approximate surface area is 212 Å². The molecular weight excluding hydrogens is 456 g/mol. The van der Waals surface area contributed by atoms with Crippen molar-refractivity contribution in [2.75, 3.05) is 43.5 Å². The zero-order valence-corrected chi connectivity index (χ0v) is 21.4. The maximum atomic E-state index is 12.4. The fraction of sp³-hybridized carbons (Fsp3) is 0.407. The smallest absolute Gasteiger partial charge is 0.324 e. The summed E-state index contributed by atoms with van der Waals surface area (Å²) >= 11 is 0. The lowest BCUT2D eigenvalue weighted by atomic mass is 10.1. The molecule has 0 atom stereocenters. The molecule has 0 spiro atoms. The Morgan fingerprint density at radius 2 is 2.00 bits per heavy atom. The Bertz CT molecular complexity index is 1150. The number of hydrogen-bond acceptors (Lipinski definition) is 8. The normalized spacial score (nSPS) is 18.8. The molecular formula is C27H34N6O3. The van der Waals surface area contributed by atoms with Gasteiger partial charge in [-0.2, -0.15) is 4.98 Å². The minimum atomic E-state index is -0.0582. The highest BCUT2D eigenvalue weighted by atomic mass is 16.5. The van der Waals surface area contributed by atoms with Crippen LogP contribution in [0.1, 0.15) is 38.4 Å². The first-order valence-corrected chi connectivity index (χ1v) is 12.2. The molecule has 1 fully saturated rings. The van der Waals surface area contributed by atoms with Crippen LogP contribution in [-0.2, 0) is 4.79 Å². The molecule has 0 radical (unpaired) electrons.